The molecule has 2 heterocycles. The predicted octanol–water partition coefficient (Wildman–Crippen LogP) is 1.57. The van der Waals surface area contributed by atoms with Crippen LogP contribution in [-0.2, 0) is 33.0 Å². The summed E-state index contributed by atoms with van der Waals surface area (Å²) in [6.45, 7) is 3.42. The molecule has 0 saturated carbocycles. The molecule has 3 rings (SSSR count). The molecule has 0 radical (unpaired) electrons. The van der Waals surface area contributed by atoms with Gasteiger partial charge < -0.3 is 9.47 Å². The van der Waals surface area contributed by atoms with Gasteiger partial charge in [0.15, 0.2) is 11.5 Å². The maximum atomic E-state index is 12.8. The molecule has 0 aromatic carbocycles. The van der Waals surface area contributed by atoms with Crippen molar-refractivity contribution in [3.63, 3.8) is 0 Å². The molecular weight excluding hydrogens is 292 g/mol. The van der Waals surface area contributed by atoms with Crippen LogP contribution >= 0.6 is 0 Å². The van der Waals surface area contributed by atoms with Gasteiger partial charge in [-0.15, -0.1) is 10.2 Å². The van der Waals surface area contributed by atoms with Gasteiger partial charge in [0.1, 0.15) is 6.33 Å². The van der Waals surface area contributed by atoms with E-state index in [1.165, 1.54) is 12.1 Å². The molecular formula is C16H24N6O. The summed E-state index contributed by atoms with van der Waals surface area (Å²) in [6.07, 6.45) is 7.00. The average Bonchev–Trinajstić information content (AvgIpc) is 3.12. The van der Waals surface area contributed by atoms with Crippen LogP contribution in [0.3, 0.4) is 0 Å². The van der Waals surface area contributed by atoms with E-state index < -0.39 is 0 Å². The van der Waals surface area contributed by atoms with Gasteiger partial charge in [-0.2, -0.15) is 5.10 Å². The number of fused-ring (bicyclic) bond motifs is 1. The van der Waals surface area contributed by atoms with Gasteiger partial charge in [-0.05, 0) is 32.1 Å². The zero-order chi connectivity index (χ0) is 16.4. The molecule has 0 spiro atoms. The monoisotopic (exact) mass is 316 g/mol. The second-order valence-corrected chi connectivity index (χ2v) is 6.21. The lowest BCUT2D eigenvalue weighted by Crippen LogP contribution is -2.29. The van der Waals surface area contributed by atoms with Crippen LogP contribution in [0.1, 0.15) is 53.8 Å². The summed E-state index contributed by atoms with van der Waals surface area (Å²) in [6, 6.07) is 0. The fourth-order valence-electron chi connectivity index (χ4n) is 3.24. The standard InChI is InChI=1S/C16H24N6O/c1-4-9-22-11-17-18-14(22)10-20(2)16(23)15-12-7-5-6-8-13(12)21(3)19-15/h11H,4-10H2,1-3H3. The number of aryl methyl sites for hydroxylation is 2. The molecule has 0 bridgehead atoms. The number of nitrogens with zero attached hydrogens (tertiary/aromatic N) is 6. The van der Waals surface area contributed by atoms with Crippen LogP contribution in [-0.4, -0.2) is 42.4 Å². The van der Waals surface area contributed by atoms with Gasteiger partial charge in [0.25, 0.3) is 5.91 Å². The highest BCUT2D eigenvalue weighted by Crippen LogP contribution is 2.24. The van der Waals surface area contributed by atoms with E-state index >= 15 is 0 Å². The largest absolute Gasteiger partial charge is 0.333 e. The quantitative estimate of drug-likeness (QED) is 0.839. The highest BCUT2D eigenvalue weighted by atomic mass is 16.2. The third kappa shape index (κ3) is 3.00. The van der Waals surface area contributed by atoms with Crippen LogP contribution in [0.4, 0.5) is 0 Å². The summed E-state index contributed by atoms with van der Waals surface area (Å²) in [4.78, 5) is 14.5. The minimum absolute atomic E-state index is 0.0326. The van der Waals surface area contributed by atoms with Crippen molar-refractivity contribution in [3.05, 3.63) is 29.1 Å². The Bertz CT molecular complexity index is 701. The first kappa shape index (κ1) is 15.7. The molecule has 1 aliphatic rings. The minimum Gasteiger partial charge on any atom is -0.333 e. The Labute approximate surface area is 136 Å². The maximum Gasteiger partial charge on any atom is 0.274 e. The van der Waals surface area contributed by atoms with Crippen LogP contribution in [0.5, 0.6) is 0 Å². The molecule has 2 aromatic heterocycles. The summed E-state index contributed by atoms with van der Waals surface area (Å²) in [5.41, 5.74) is 2.94. The lowest BCUT2D eigenvalue weighted by atomic mass is 9.95. The molecule has 0 unspecified atom stereocenters. The van der Waals surface area contributed by atoms with E-state index in [4.69, 9.17) is 0 Å². The smallest absolute Gasteiger partial charge is 0.274 e. The van der Waals surface area contributed by atoms with Gasteiger partial charge in [-0.25, -0.2) is 0 Å². The topological polar surface area (TPSA) is 68.8 Å². The lowest BCUT2D eigenvalue weighted by Gasteiger charge is -2.17. The van der Waals surface area contributed by atoms with Crippen molar-refractivity contribution in [1.82, 2.24) is 29.4 Å². The molecule has 0 saturated heterocycles. The third-order valence-electron chi connectivity index (χ3n) is 4.45. The Balaban J connectivity index is 1.79. The van der Waals surface area contributed by atoms with E-state index in [1.54, 1.807) is 18.3 Å². The number of carbonyl (C=O) groups excluding carboxylic acids is 1. The van der Waals surface area contributed by atoms with Gasteiger partial charge in [0, 0.05) is 31.9 Å². The third-order valence-corrected chi connectivity index (χ3v) is 4.45. The fraction of sp³-hybridized carbons (Fsp3) is 0.625. The Morgan fingerprint density at radius 3 is 2.91 bits per heavy atom. The fourth-order valence-corrected chi connectivity index (χ4v) is 3.24. The number of amides is 1. The van der Waals surface area contributed by atoms with Gasteiger partial charge in [0.05, 0.1) is 6.54 Å². The van der Waals surface area contributed by atoms with Crippen LogP contribution in [0.25, 0.3) is 0 Å². The van der Waals surface area contributed by atoms with Crippen molar-refractivity contribution < 1.29 is 4.79 Å². The van der Waals surface area contributed by atoms with Gasteiger partial charge >= 0.3 is 0 Å². The van der Waals surface area contributed by atoms with Crippen LogP contribution in [0.15, 0.2) is 6.33 Å². The molecule has 1 amide bonds. The number of hydrogen-bond donors (Lipinski definition) is 0. The minimum atomic E-state index is -0.0326. The summed E-state index contributed by atoms with van der Waals surface area (Å²) in [7, 11) is 3.73. The second-order valence-electron chi connectivity index (χ2n) is 6.21. The molecule has 0 fully saturated rings. The Morgan fingerprint density at radius 1 is 1.35 bits per heavy atom. The molecule has 0 aliphatic heterocycles. The number of carbonyl (C=O) groups is 1. The van der Waals surface area contributed by atoms with Crippen molar-refractivity contribution in [3.8, 4) is 0 Å². The highest BCUT2D eigenvalue weighted by Gasteiger charge is 2.26. The van der Waals surface area contributed by atoms with Crippen molar-refractivity contribution in [2.75, 3.05) is 7.05 Å². The van der Waals surface area contributed by atoms with E-state index in [1.807, 2.05) is 16.3 Å². The Kier molecular flexibility index (Phi) is 4.45. The van der Waals surface area contributed by atoms with Gasteiger partial charge in [-0.3, -0.25) is 9.48 Å². The average molecular weight is 316 g/mol. The molecule has 124 valence electrons. The highest BCUT2D eigenvalue weighted by molar-refractivity contribution is 5.93. The van der Waals surface area contributed by atoms with Crippen LogP contribution < -0.4 is 0 Å². The SMILES string of the molecule is CCCn1cnnc1CN(C)C(=O)c1nn(C)c2c1CCCC2. The zero-order valence-electron chi connectivity index (χ0n) is 14.1. The lowest BCUT2D eigenvalue weighted by molar-refractivity contribution is 0.0772. The van der Waals surface area contributed by atoms with Crippen molar-refractivity contribution >= 4 is 5.91 Å². The molecule has 7 nitrogen and oxygen atoms in total. The van der Waals surface area contributed by atoms with Crippen molar-refractivity contribution in [2.24, 2.45) is 7.05 Å². The Hall–Kier alpha value is -2.18. The van der Waals surface area contributed by atoms with Crippen LogP contribution in [0.2, 0.25) is 0 Å². The summed E-state index contributed by atoms with van der Waals surface area (Å²) >= 11 is 0. The molecule has 7 heteroatoms. The van der Waals surface area contributed by atoms with E-state index in [2.05, 4.69) is 22.2 Å². The molecule has 23 heavy (non-hydrogen) atoms. The van der Waals surface area contributed by atoms with Crippen molar-refractivity contribution in [2.45, 2.75) is 52.1 Å². The first-order valence-electron chi connectivity index (χ1n) is 8.28. The van der Waals surface area contributed by atoms with E-state index in [0.717, 1.165) is 43.6 Å². The number of rotatable bonds is 5. The molecule has 2 aromatic rings. The second kappa shape index (κ2) is 6.52. The van der Waals surface area contributed by atoms with E-state index in [0.29, 0.717) is 12.2 Å². The van der Waals surface area contributed by atoms with Gasteiger partial charge in [-0.1, -0.05) is 6.92 Å². The Morgan fingerprint density at radius 2 is 2.13 bits per heavy atom. The van der Waals surface area contributed by atoms with E-state index in [-0.39, 0.29) is 5.91 Å². The summed E-state index contributed by atoms with van der Waals surface area (Å²) in [5, 5.41) is 12.6. The summed E-state index contributed by atoms with van der Waals surface area (Å²) < 4.78 is 3.87. The summed E-state index contributed by atoms with van der Waals surface area (Å²) in [5.74, 6) is 0.780. The normalized spacial score (nSPS) is 13.9. The number of hydrogen-bond acceptors (Lipinski definition) is 4. The molecule has 0 N–H and O–H groups in total. The molecule has 1 aliphatic carbocycles. The van der Waals surface area contributed by atoms with Crippen molar-refractivity contribution in [1.29, 1.82) is 0 Å². The zero-order valence-corrected chi connectivity index (χ0v) is 14.1. The maximum absolute atomic E-state index is 12.8. The van der Waals surface area contributed by atoms with E-state index in [9.17, 15) is 4.79 Å². The number of aromatic nitrogens is 5. The first-order chi connectivity index (χ1) is 11.1. The predicted molar refractivity (Wildman–Crippen MR) is 86.0 cm³/mol. The van der Waals surface area contributed by atoms with Crippen LogP contribution in [0, 0.1) is 0 Å². The molecule has 0 atom stereocenters. The van der Waals surface area contributed by atoms with Gasteiger partial charge in [0.2, 0.25) is 0 Å². The first-order valence-corrected chi connectivity index (χ1v) is 8.28.